The van der Waals surface area contributed by atoms with E-state index in [1.165, 1.54) is 11.8 Å². The maximum atomic E-state index is 12.0. The van der Waals surface area contributed by atoms with Gasteiger partial charge in [0.2, 0.25) is 5.91 Å². The Bertz CT molecular complexity index is 855. The molecule has 1 N–H and O–H groups in total. The van der Waals surface area contributed by atoms with Crippen molar-refractivity contribution in [3.8, 4) is 10.7 Å². The van der Waals surface area contributed by atoms with Gasteiger partial charge in [-0.1, -0.05) is 11.8 Å². The summed E-state index contributed by atoms with van der Waals surface area (Å²) in [5.74, 6) is 1.04. The Morgan fingerprint density at radius 3 is 2.92 bits per heavy atom. The van der Waals surface area contributed by atoms with Gasteiger partial charge in [0, 0.05) is 42.3 Å². The Kier molecular flexibility index (Phi) is 5.36. The minimum atomic E-state index is -0.0488. The molecule has 3 aromatic heterocycles. The van der Waals surface area contributed by atoms with Gasteiger partial charge in [0.1, 0.15) is 0 Å². The zero-order valence-electron chi connectivity index (χ0n) is 13.1. The second-order valence-electron chi connectivity index (χ2n) is 5.08. The van der Waals surface area contributed by atoms with Crippen LogP contribution < -0.4 is 5.32 Å². The molecule has 0 saturated carbocycles. The quantitative estimate of drug-likeness (QED) is 0.612. The number of amides is 1. The molecule has 0 atom stereocenters. The van der Waals surface area contributed by atoms with Crippen LogP contribution in [0.15, 0.2) is 33.5 Å². The van der Waals surface area contributed by atoms with Crippen LogP contribution in [-0.2, 0) is 25.4 Å². The predicted molar refractivity (Wildman–Crippen MR) is 97.8 cm³/mol. The lowest BCUT2D eigenvalue weighted by molar-refractivity contribution is -0.118. The number of halogens is 1. The van der Waals surface area contributed by atoms with Crippen molar-refractivity contribution in [1.29, 1.82) is 0 Å². The van der Waals surface area contributed by atoms with Gasteiger partial charge in [0.25, 0.3) is 0 Å². The molecule has 7 nitrogen and oxygen atoms in total. The molecule has 3 rings (SSSR count). The molecular formula is C14H15BrN6OS2. The molecule has 0 fully saturated rings. The summed E-state index contributed by atoms with van der Waals surface area (Å²) in [6.45, 7) is 0.473. The number of nitrogens with zero attached hydrogens (tertiary/aromatic N) is 5. The molecule has 0 aliphatic rings. The molecule has 24 heavy (non-hydrogen) atoms. The monoisotopic (exact) mass is 426 g/mol. The molecule has 3 heterocycles. The highest BCUT2D eigenvalue weighted by molar-refractivity contribution is 9.10. The first-order chi connectivity index (χ1) is 11.5. The number of rotatable bonds is 6. The van der Waals surface area contributed by atoms with Crippen molar-refractivity contribution in [3.63, 3.8) is 0 Å². The van der Waals surface area contributed by atoms with Crippen LogP contribution in [-0.4, -0.2) is 36.2 Å². The summed E-state index contributed by atoms with van der Waals surface area (Å²) in [4.78, 5) is 13.0. The highest BCUT2D eigenvalue weighted by atomic mass is 79.9. The van der Waals surface area contributed by atoms with Gasteiger partial charge >= 0.3 is 0 Å². The molecule has 1 amide bonds. The minimum absolute atomic E-state index is 0.0488. The van der Waals surface area contributed by atoms with E-state index in [1.807, 2.05) is 36.3 Å². The van der Waals surface area contributed by atoms with E-state index in [9.17, 15) is 4.79 Å². The van der Waals surface area contributed by atoms with E-state index in [0.29, 0.717) is 17.5 Å². The highest BCUT2D eigenvalue weighted by Gasteiger charge is 2.14. The van der Waals surface area contributed by atoms with Gasteiger partial charge in [0.15, 0.2) is 11.0 Å². The molecule has 0 aliphatic heterocycles. The van der Waals surface area contributed by atoms with Crippen molar-refractivity contribution in [3.05, 3.63) is 33.9 Å². The number of hydrogen-bond acceptors (Lipinski definition) is 6. The average Bonchev–Trinajstić information content (AvgIpc) is 3.24. The van der Waals surface area contributed by atoms with Crippen molar-refractivity contribution in [2.24, 2.45) is 14.1 Å². The molecule has 10 heteroatoms. The third-order valence-electron chi connectivity index (χ3n) is 3.20. The Balaban J connectivity index is 1.55. The van der Waals surface area contributed by atoms with Crippen LogP contribution in [0.25, 0.3) is 10.7 Å². The number of thioether (sulfide) groups is 1. The molecule has 0 aromatic carbocycles. The van der Waals surface area contributed by atoms with Crippen LogP contribution in [0.4, 0.5) is 0 Å². The van der Waals surface area contributed by atoms with Crippen molar-refractivity contribution < 1.29 is 4.79 Å². The maximum absolute atomic E-state index is 12.0. The van der Waals surface area contributed by atoms with Crippen LogP contribution in [0.2, 0.25) is 0 Å². The Hall–Kier alpha value is -1.65. The van der Waals surface area contributed by atoms with Crippen molar-refractivity contribution in [2.75, 3.05) is 5.75 Å². The molecular weight excluding hydrogens is 412 g/mol. The van der Waals surface area contributed by atoms with Crippen LogP contribution in [0.5, 0.6) is 0 Å². The SMILES string of the molecule is Cn1cc(CNC(=O)CSc2nnc(-c3cc(Br)cs3)n2C)cn1. The van der Waals surface area contributed by atoms with Crippen LogP contribution in [0.3, 0.4) is 0 Å². The Labute approximate surface area is 155 Å². The molecule has 0 saturated heterocycles. The second kappa shape index (κ2) is 7.49. The van der Waals surface area contributed by atoms with Gasteiger partial charge in [0.05, 0.1) is 16.8 Å². The number of carbonyl (C=O) groups excluding carboxylic acids is 1. The van der Waals surface area contributed by atoms with E-state index in [0.717, 1.165) is 20.7 Å². The fraction of sp³-hybridized carbons (Fsp3) is 0.286. The number of thiophene rings is 1. The predicted octanol–water partition coefficient (Wildman–Crippen LogP) is 2.45. The lowest BCUT2D eigenvalue weighted by Crippen LogP contribution is -2.24. The molecule has 126 valence electrons. The summed E-state index contributed by atoms with van der Waals surface area (Å²) in [6.07, 6.45) is 3.61. The zero-order chi connectivity index (χ0) is 17.1. The first-order valence-corrected chi connectivity index (χ1v) is 9.69. The number of hydrogen-bond donors (Lipinski definition) is 1. The van der Waals surface area contributed by atoms with Crippen molar-refractivity contribution in [1.82, 2.24) is 29.9 Å². The summed E-state index contributed by atoms with van der Waals surface area (Å²) in [5, 5.41) is 18.0. The maximum Gasteiger partial charge on any atom is 0.230 e. The van der Waals surface area contributed by atoms with E-state index in [2.05, 4.69) is 36.5 Å². The zero-order valence-corrected chi connectivity index (χ0v) is 16.3. The largest absolute Gasteiger partial charge is 0.351 e. The molecule has 0 radical (unpaired) electrons. The fourth-order valence-corrected chi connectivity index (χ4v) is 4.22. The third kappa shape index (κ3) is 4.05. The van der Waals surface area contributed by atoms with Crippen molar-refractivity contribution in [2.45, 2.75) is 11.7 Å². The summed E-state index contributed by atoms with van der Waals surface area (Å²) in [5.41, 5.74) is 0.972. The highest BCUT2D eigenvalue weighted by Crippen LogP contribution is 2.30. The number of nitrogens with one attached hydrogen (secondary N) is 1. The van der Waals surface area contributed by atoms with Crippen molar-refractivity contribution >= 4 is 44.9 Å². The minimum Gasteiger partial charge on any atom is -0.351 e. The molecule has 0 aliphatic carbocycles. The van der Waals surface area contributed by atoms with E-state index in [-0.39, 0.29) is 5.91 Å². The fourth-order valence-electron chi connectivity index (χ4n) is 2.03. The number of carbonyl (C=O) groups is 1. The lowest BCUT2D eigenvalue weighted by atomic mass is 10.3. The summed E-state index contributed by atoms with van der Waals surface area (Å²) < 4.78 is 4.63. The first-order valence-electron chi connectivity index (χ1n) is 7.04. The lowest BCUT2D eigenvalue weighted by Gasteiger charge is -2.04. The normalized spacial score (nSPS) is 11.0. The van der Waals surface area contributed by atoms with Gasteiger partial charge in [-0.15, -0.1) is 21.5 Å². The van der Waals surface area contributed by atoms with Crippen LogP contribution >= 0.6 is 39.0 Å². The summed E-state index contributed by atoms with van der Waals surface area (Å²) in [6, 6.07) is 2.00. The third-order valence-corrected chi connectivity index (χ3v) is 5.91. The Morgan fingerprint density at radius 1 is 1.42 bits per heavy atom. The second-order valence-corrected chi connectivity index (χ2v) is 7.85. The van der Waals surface area contributed by atoms with E-state index < -0.39 is 0 Å². The molecule has 3 aromatic rings. The van der Waals surface area contributed by atoms with Crippen LogP contribution in [0.1, 0.15) is 5.56 Å². The number of aromatic nitrogens is 5. The first kappa shape index (κ1) is 17.2. The van der Waals surface area contributed by atoms with Gasteiger partial charge in [-0.25, -0.2) is 0 Å². The standard InChI is InChI=1S/C14H15BrN6OS2/c1-20-6-9(5-17-20)4-16-12(22)8-24-14-19-18-13(21(14)2)11-3-10(15)7-23-11/h3,5-7H,4,8H2,1-2H3,(H,16,22). The Morgan fingerprint density at radius 2 is 2.25 bits per heavy atom. The van der Waals surface area contributed by atoms with Crippen LogP contribution in [0, 0.1) is 0 Å². The van der Waals surface area contributed by atoms with Gasteiger partial charge in [-0.2, -0.15) is 5.10 Å². The van der Waals surface area contributed by atoms with E-state index in [4.69, 9.17) is 0 Å². The number of aryl methyl sites for hydroxylation is 1. The molecule has 0 unspecified atom stereocenters. The van der Waals surface area contributed by atoms with Gasteiger partial charge < -0.3 is 9.88 Å². The molecule has 0 bridgehead atoms. The van der Waals surface area contributed by atoms with E-state index in [1.54, 1.807) is 22.2 Å². The summed E-state index contributed by atoms with van der Waals surface area (Å²) >= 11 is 6.40. The smallest absolute Gasteiger partial charge is 0.230 e. The summed E-state index contributed by atoms with van der Waals surface area (Å²) in [7, 11) is 3.75. The average molecular weight is 427 g/mol. The van der Waals surface area contributed by atoms with Gasteiger partial charge in [-0.05, 0) is 22.0 Å². The van der Waals surface area contributed by atoms with E-state index >= 15 is 0 Å². The molecule has 0 spiro atoms. The topological polar surface area (TPSA) is 77.6 Å². The van der Waals surface area contributed by atoms with Gasteiger partial charge in [-0.3, -0.25) is 9.48 Å².